The minimum absolute atomic E-state index is 0.637. The number of hydrogen-bond donors (Lipinski definition) is 0. The molecule has 0 aliphatic carbocycles. The van der Waals surface area contributed by atoms with Gasteiger partial charge >= 0.3 is 0 Å². The zero-order valence-electron chi connectivity index (χ0n) is 9.66. The van der Waals surface area contributed by atoms with Crippen molar-refractivity contribution in [1.29, 1.82) is 5.26 Å². The third-order valence-electron chi connectivity index (χ3n) is 1.94. The van der Waals surface area contributed by atoms with Crippen molar-refractivity contribution < 1.29 is 0 Å². The highest BCUT2D eigenvalue weighted by molar-refractivity contribution is 5.47. The molecule has 1 rings (SSSR count). The normalized spacial score (nSPS) is 8.33. The van der Waals surface area contributed by atoms with E-state index in [-0.39, 0.29) is 0 Å². The highest BCUT2D eigenvalue weighted by Crippen LogP contribution is 2.09. The Hall–Kier alpha value is -1.55. The molecule has 1 aromatic rings. The lowest BCUT2D eigenvalue weighted by molar-refractivity contribution is 0.850. The molecule has 0 bridgehead atoms. The minimum Gasteiger partial charge on any atom is -0.198 e. The Labute approximate surface area is 93.1 Å². The molecule has 0 spiro atoms. The first-order valence-corrected chi connectivity index (χ1v) is 5.45. The van der Waals surface area contributed by atoms with Crippen LogP contribution in [0.25, 0.3) is 6.08 Å². The number of aryl methyl sites for hydroxylation is 1. The summed E-state index contributed by atoms with van der Waals surface area (Å²) in [5, 5.41) is 8.38. The Balaban J connectivity index is 0.000000921. The molecular formula is C14H19N. The molecule has 0 N–H and O–H groups in total. The number of nitriles is 1. The molecule has 1 heteroatoms. The van der Waals surface area contributed by atoms with Gasteiger partial charge in [0.1, 0.15) is 0 Å². The summed E-state index contributed by atoms with van der Waals surface area (Å²) in [6.45, 7) is 7.72. The van der Waals surface area contributed by atoms with E-state index in [9.17, 15) is 0 Å². The first kappa shape index (κ1) is 13.4. The minimum atomic E-state index is 0.637. The van der Waals surface area contributed by atoms with E-state index < -0.39 is 0 Å². The Morgan fingerprint density at radius 1 is 1.40 bits per heavy atom. The van der Waals surface area contributed by atoms with Gasteiger partial charge in [0.15, 0.2) is 0 Å². The van der Waals surface area contributed by atoms with Crippen molar-refractivity contribution in [3.8, 4) is 6.07 Å². The molecule has 80 valence electrons. The molecule has 1 nitrogen and oxygen atoms in total. The summed E-state index contributed by atoms with van der Waals surface area (Å²) in [4.78, 5) is 0. The second kappa shape index (κ2) is 9.02. The zero-order valence-corrected chi connectivity index (χ0v) is 9.66. The average Bonchev–Trinajstić information content (AvgIpc) is 2.32. The summed E-state index contributed by atoms with van der Waals surface area (Å²) in [6.07, 6.45) is 4.40. The van der Waals surface area contributed by atoms with E-state index in [1.54, 1.807) is 0 Å². The molecule has 0 amide bonds. The molecule has 0 radical (unpaired) electrons. The highest BCUT2D eigenvalue weighted by Gasteiger charge is 1.93. The fourth-order valence-corrected chi connectivity index (χ4v) is 1.25. The average molecular weight is 201 g/mol. The molecule has 0 atom stereocenters. The zero-order chi connectivity index (χ0) is 11.5. The van der Waals surface area contributed by atoms with Gasteiger partial charge in [0, 0.05) is 6.42 Å². The van der Waals surface area contributed by atoms with E-state index in [1.165, 1.54) is 5.56 Å². The molecule has 0 saturated heterocycles. The Morgan fingerprint density at radius 3 is 2.73 bits per heavy atom. The van der Waals surface area contributed by atoms with Crippen molar-refractivity contribution in [2.45, 2.75) is 33.1 Å². The largest absolute Gasteiger partial charge is 0.198 e. The molecule has 0 saturated carbocycles. The predicted molar refractivity (Wildman–Crippen MR) is 66.4 cm³/mol. The summed E-state index contributed by atoms with van der Waals surface area (Å²) in [6, 6.07) is 10.4. The fraction of sp³-hybridized carbons (Fsp3) is 0.357. The van der Waals surface area contributed by atoms with Crippen molar-refractivity contribution in [2.75, 3.05) is 0 Å². The van der Waals surface area contributed by atoms with E-state index in [0.717, 1.165) is 18.4 Å². The second-order valence-electron chi connectivity index (χ2n) is 2.96. The summed E-state index contributed by atoms with van der Waals surface area (Å²) >= 11 is 0. The van der Waals surface area contributed by atoms with E-state index in [4.69, 9.17) is 5.26 Å². The molecule has 0 unspecified atom stereocenters. The van der Waals surface area contributed by atoms with Crippen LogP contribution >= 0.6 is 0 Å². The maximum absolute atomic E-state index is 8.38. The lowest BCUT2D eigenvalue weighted by Gasteiger charge is -1.99. The van der Waals surface area contributed by atoms with E-state index >= 15 is 0 Å². The summed E-state index contributed by atoms with van der Waals surface area (Å²) in [5.74, 6) is 0. The Bertz CT molecular complexity index is 320. The number of benzene rings is 1. The van der Waals surface area contributed by atoms with Crippen LogP contribution in [0.1, 0.15) is 37.8 Å². The molecule has 0 heterocycles. The van der Waals surface area contributed by atoms with Gasteiger partial charge in [-0.05, 0) is 24.0 Å². The van der Waals surface area contributed by atoms with Gasteiger partial charge in [0.25, 0.3) is 0 Å². The van der Waals surface area contributed by atoms with Crippen molar-refractivity contribution in [3.63, 3.8) is 0 Å². The molecule has 15 heavy (non-hydrogen) atoms. The monoisotopic (exact) mass is 201 g/mol. The fourth-order valence-electron chi connectivity index (χ4n) is 1.25. The van der Waals surface area contributed by atoms with Gasteiger partial charge in [-0.3, -0.25) is 0 Å². The first-order chi connectivity index (χ1) is 7.36. The number of nitrogens with zero attached hydrogens (tertiary/aromatic N) is 1. The third-order valence-corrected chi connectivity index (χ3v) is 1.94. The van der Waals surface area contributed by atoms with Gasteiger partial charge in [-0.1, -0.05) is 50.8 Å². The molecule has 0 aliphatic heterocycles. The molecule has 0 aliphatic rings. The summed E-state index contributed by atoms with van der Waals surface area (Å²) in [5.41, 5.74) is 2.43. The standard InChI is InChI=1S/C12H13N.C2H6/c1-2-11-7-5-8-12(10-11)6-3-4-9-13;1-2/h2,5,7-8,10H,1,3-4,6H2;1-2H3. The van der Waals surface area contributed by atoms with Crippen molar-refractivity contribution in [3.05, 3.63) is 42.0 Å². The van der Waals surface area contributed by atoms with Gasteiger partial charge in [0.05, 0.1) is 6.07 Å². The summed E-state index contributed by atoms with van der Waals surface area (Å²) in [7, 11) is 0. The molecule has 0 aromatic heterocycles. The quantitative estimate of drug-likeness (QED) is 0.670. The maximum atomic E-state index is 8.38. The van der Waals surface area contributed by atoms with Crippen LogP contribution in [0.3, 0.4) is 0 Å². The van der Waals surface area contributed by atoms with Crippen molar-refractivity contribution >= 4 is 6.08 Å². The van der Waals surface area contributed by atoms with Crippen LogP contribution in [0, 0.1) is 11.3 Å². The van der Waals surface area contributed by atoms with Gasteiger partial charge < -0.3 is 0 Å². The van der Waals surface area contributed by atoms with Crippen LogP contribution in [0.15, 0.2) is 30.8 Å². The Morgan fingerprint density at radius 2 is 2.13 bits per heavy atom. The van der Waals surface area contributed by atoms with E-state index in [1.807, 2.05) is 32.1 Å². The maximum Gasteiger partial charge on any atom is 0.0621 e. The second-order valence-corrected chi connectivity index (χ2v) is 2.96. The van der Waals surface area contributed by atoms with Crippen LogP contribution in [-0.4, -0.2) is 0 Å². The van der Waals surface area contributed by atoms with Gasteiger partial charge in [-0.2, -0.15) is 5.26 Å². The lowest BCUT2D eigenvalue weighted by atomic mass is 10.1. The highest BCUT2D eigenvalue weighted by atomic mass is 14.2. The van der Waals surface area contributed by atoms with Crippen molar-refractivity contribution in [2.24, 2.45) is 0 Å². The molecule has 0 fully saturated rings. The van der Waals surface area contributed by atoms with Crippen LogP contribution in [0.2, 0.25) is 0 Å². The number of rotatable bonds is 4. The number of hydrogen-bond acceptors (Lipinski definition) is 1. The van der Waals surface area contributed by atoms with Crippen molar-refractivity contribution in [1.82, 2.24) is 0 Å². The molecule has 1 aromatic carbocycles. The predicted octanol–water partition coefficient (Wildman–Crippen LogP) is 4.20. The van der Waals surface area contributed by atoms with Crippen LogP contribution in [0.4, 0.5) is 0 Å². The number of unbranched alkanes of at least 4 members (excludes halogenated alkanes) is 1. The van der Waals surface area contributed by atoms with Crippen LogP contribution < -0.4 is 0 Å². The van der Waals surface area contributed by atoms with Gasteiger partial charge in [-0.25, -0.2) is 0 Å². The van der Waals surface area contributed by atoms with Crippen LogP contribution in [0.5, 0.6) is 0 Å². The Kier molecular flexibility index (Phi) is 8.09. The van der Waals surface area contributed by atoms with Gasteiger partial charge in [0.2, 0.25) is 0 Å². The third kappa shape index (κ3) is 5.70. The lowest BCUT2D eigenvalue weighted by Crippen LogP contribution is -1.85. The smallest absolute Gasteiger partial charge is 0.0621 e. The first-order valence-electron chi connectivity index (χ1n) is 5.45. The van der Waals surface area contributed by atoms with E-state index in [2.05, 4.69) is 24.8 Å². The summed E-state index contributed by atoms with van der Waals surface area (Å²) < 4.78 is 0. The van der Waals surface area contributed by atoms with E-state index in [0.29, 0.717) is 6.42 Å². The SMILES string of the molecule is C=Cc1cccc(CCCC#N)c1.CC. The molecular weight excluding hydrogens is 182 g/mol. The van der Waals surface area contributed by atoms with Gasteiger partial charge in [-0.15, -0.1) is 0 Å². The van der Waals surface area contributed by atoms with Crippen LogP contribution in [-0.2, 0) is 6.42 Å². The topological polar surface area (TPSA) is 23.8 Å².